The van der Waals surface area contributed by atoms with E-state index in [0.29, 0.717) is 5.56 Å². The molecule has 0 aliphatic rings. The van der Waals surface area contributed by atoms with Gasteiger partial charge in [0, 0.05) is 38.5 Å². The molecule has 1 heterocycles. The summed E-state index contributed by atoms with van der Waals surface area (Å²) in [6, 6.07) is 7.57. The van der Waals surface area contributed by atoms with Gasteiger partial charge in [-0.1, -0.05) is 12.1 Å². The lowest BCUT2D eigenvalue weighted by Crippen LogP contribution is -2.21. The lowest BCUT2D eigenvalue weighted by atomic mass is 10.1. The number of amides is 1. The molecule has 0 unspecified atom stereocenters. The lowest BCUT2D eigenvalue weighted by molar-refractivity contribution is 0.0827. The van der Waals surface area contributed by atoms with Crippen molar-refractivity contribution in [3.63, 3.8) is 0 Å². The third kappa shape index (κ3) is 2.36. The van der Waals surface area contributed by atoms with Crippen LogP contribution >= 0.6 is 0 Å². The second-order valence-electron chi connectivity index (χ2n) is 4.18. The van der Waals surface area contributed by atoms with Crippen LogP contribution in [0.4, 0.5) is 0 Å². The number of carbonyl (C=O) groups is 1. The molecule has 0 aliphatic carbocycles. The predicted octanol–water partition coefficient (Wildman–Crippen LogP) is 1.79. The predicted molar refractivity (Wildman–Crippen MR) is 66.7 cm³/mol. The van der Waals surface area contributed by atoms with Gasteiger partial charge in [0.25, 0.3) is 5.91 Å². The Balaban J connectivity index is 2.38. The van der Waals surface area contributed by atoms with Gasteiger partial charge in [0.15, 0.2) is 0 Å². The first kappa shape index (κ1) is 11.4. The number of rotatable bonds is 2. The first-order valence-electron chi connectivity index (χ1n) is 5.38. The summed E-state index contributed by atoms with van der Waals surface area (Å²) in [6.07, 6.45) is 3.72. The second-order valence-corrected chi connectivity index (χ2v) is 4.18. The fraction of sp³-hybridized carbons (Fsp3) is 0.231. The van der Waals surface area contributed by atoms with Gasteiger partial charge in [-0.15, -0.1) is 0 Å². The molecule has 2 rings (SSSR count). The van der Waals surface area contributed by atoms with E-state index in [2.05, 4.69) is 5.10 Å². The number of carbonyl (C=O) groups excluding carboxylic acids is 1. The molecule has 0 saturated heterocycles. The summed E-state index contributed by atoms with van der Waals surface area (Å²) in [7, 11) is 5.37. The van der Waals surface area contributed by atoms with Gasteiger partial charge in [0.1, 0.15) is 0 Å². The largest absolute Gasteiger partial charge is 0.345 e. The summed E-state index contributed by atoms with van der Waals surface area (Å²) in [5, 5.41) is 4.12. The van der Waals surface area contributed by atoms with E-state index in [1.807, 2.05) is 37.5 Å². The Labute approximate surface area is 100 Å². The maximum absolute atomic E-state index is 11.8. The Morgan fingerprint density at radius 3 is 2.65 bits per heavy atom. The van der Waals surface area contributed by atoms with Gasteiger partial charge in [-0.25, -0.2) is 0 Å². The molecule has 0 spiro atoms. The molecule has 1 amide bonds. The Morgan fingerprint density at radius 2 is 2.06 bits per heavy atom. The molecule has 2 aromatic rings. The molecule has 17 heavy (non-hydrogen) atoms. The Kier molecular flexibility index (Phi) is 2.95. The van der Waals surface area contributed by atoms with E-state index in [1.54, 1.807) is 29.9 Å². The van der Waals surface area contributed by atoms with Crippen molar-refractivity contribution in [1.82, 2.24) is 14.7 Å². The van der Waals surface area contributed by atoms with Gasteiger partial charge < -0.3 is 4.90 Å². The van der Waals surface area contributed by atoms with Crippen LogP contribution in [0.15, 0.2) is 36.7 Å². The van der Waals surface area contributed by atoms with Crippen molar-refractivity contribution >= 4 is 5.91 Å². The van der Waals surface area contributed by atoms with E-state index < -0.39 is 0 Å². The summed E-state index contributed by atoms with van der Waals surface area (Å²) in [5.74, 6) is 0.00994. The minimum atomic E-state index is 0.00994. The van der Waals surface area contributed by atoms with E-state index in [0.717, 1.165) is 11.1 Å². The van der Waals surface area contributed by atoms with Gasteiger partial charge in [-0.2, -0.15) is 5.10 Å². The van der Waals surface area contributed by atoms with E-state index in [9.17, 15) is 4.79 Å². The van der Waals surface area contributed by atoms with Crippen molar-refractivity contribution in [3.8, 4) is 11.1 Å². The number of hydrogen-bond donors (Lipinski definition) is 0. The van der Waals surface area contributed by atoms with Crippen LogP contribution in [-0.4, -0.2) is 34.7 Å². The molecule has 1 aromatic carbocycles. The molecular formula is C13H15N3O. The Hall–Kier alpha value is -2.10. The quantitative estimate of drug-likeness (QED) is 0.787. The van der Waals surface area contributed by atoms with Crippen LogP contribution in [0.5, 0.6) is 0 Å². The normalized spacial score (nSPS) is 10.3. The number of nitrogens with zero attached hydrogens (tertiary/aromatic N) is 3. The first-order valence-corrected chi connectivity index (χ1v) is 5.38. The van der Waals surface area contributed by atoms with Crippen molar-refractivity contribution in [2.45, 2.75) is 0 Å². The third-order valence-electron chi connectivity index (χ3n) is 2.55. The zero-order valence-electron chi connectivity index (χ0n) is 10.2. The number of aromatic nitrogens is 2. The average molecular weight is 229 g/mol. The highest BCUT2D eigenvalue weighted by Crippen LogP contribution is 2.19. The molecule has 0 radical (unpaired) electrons. The average Bonchev–Trinajstić information content (AvgIpc) is 2.75. The molecule has 0 bridgehead atoms. The zero-order valence-corrected chi connectivity index (χ0v) is 10.2. The minimum absolute atomic E-state index is 0.00994. The van der Waals surface area contributed by atoms with E-state index in [-0.39, 0.29) is 5.91 Å². The zero-order chi connectivity index (χ0) is 12.4. The molecule has 4 nitrogen and oxygen atoms in total. The van der Waals surface area contributed by atoms with Crippen LogP contribution in [0.1, 0.15) is 10.4 Å². The fourth-order valence-electron chi connectivity index (χ4n) is 1.66. The molecule has 88 valence electrons. The molecule has 4 heteroatoms. The summed E-state index contributed by atoms with van der Waals surface area (Å²) in [5.41, 5.74) is 2.71. The Bertz CT molecular complexity index is 543. The van der Waals surface area contributed by atoms with Crippen molar-refractivity contribution < 1.29 is 4.79 Å². The molecule has 0 aliphatic heterocycles. The highest BCUT2D eigenvalue weighted by molar-refractivity contribution is 5.95. The van der Waals surface area contributed by atoms with Gasteiger partial charge in [-0.05, 0) is 17.7 Å². The van der Waals surface area contributed by atoms with Gasteiger partial charge >= 0.3 is 0 Å². The van der Waals surface area contributed by atoms with Crippen LogP contribution in [0.2, 0.25) is 0 Å². The molecule has 0 saturated carbocycles. The van der Waals surface area contributed by atoms with Gasteiger partial charge in [0.05, 0.1) is 6.20 Å². The van der Waals surface area contributed by atoms with E-state index in [4.69, 9.17) is 0 Å². The van der Waals surface area contributed by atoms with Gasteiger partial charge in [-0.3, -0.25) is 9.48 Å². The molecule has 1 aromatic heterocycles. The van der Waals surface area contributed by atoms with Crippen molar-refractivity contribution in [2.24, 2.45) is 7.05 Å². The number of benzene rings is 1. The van der Waals surface area contributed by atoms with E-state index in [1.165, 1.54) is 0 Å². The molecular weight excluding hydrogens is 214 g/mol. The maximum atomic E-state index is 11.8. The number of aryl methyl sites for hydroxylation is 1. The van der Waals surface area contributed by atoms with Crippen LogP contribution in [-0.2, 0) is 7.05 Å². The molecule has 0 N–H and O–H groups in total. The van der Waals surface area contributed by atoms with Crippen LogP contribution in [0.25, 0.3) is 11.1 Å². The summed E-state index contributed by atoms with van der Waals surface area (Å²) in [4.78, 5) is 13.4. The van der Waals surface area contributed by atoms with E-state index >= 15 is 0 Å². The SMILES string of the molecule is CN(C)C(=O)c1cccc(-c2cnn(C)c2)c1. The van der Waals surface area contributed by atoms with Crippen molar-refractivity contribution in [1.29, 1.82) is 0 Å². The highest BCUT2D eigenvalue weighted by atomic mass is 16.2. The van der Waals surface area contributed by atoms with Crippen molar-refractivity contribution in [2.75, 3.05) is 14.1 Å². The standard InChI is InChI=1S/C13H15N3O/c1-15(2)13(17)11-6-4-5-10(7-11)12-8-14-16(3)9-12/h4-9H,1-3H3. The Morgan fingerprint density at radius 1 is 1.29 bits per heavy atom. The van der Waals surface area contributed by atoms with Crippen LogP contribution < -0.4 is 0 Å². The second kappa shape index (κ2) is 4.41. The van der Waals surface area contributed by atoms with Crippen LogP contribution in [0, 0.1) is 0 Å². The first-order chi connectivity index (χ1) is 8.08. The van der Waals surface area contributed by atoms with Crippen LogP contribution in [0.3, 0.4) is 0 Å². The summed E-state index contributed by atoms with van der Waals surface area (Å²) < 4.78 is 1.75. The summed E-state index contributed by atoms with van der Waals surface area (Å²) in [6.45, 7) is 0. The number of hydrogen-bond acceptors (Lipinski definition) is 2. The molecule has 0 fully saturated rings. The fourth-order valence-corrected chi connectivity index (χ4v) is 1.66. The van der Waals surface area contributed by atoms with Gasteiger partial charge in [0.2, 0.25) is 0 Å². The topological polar surface area (TPSA) is 38.1 Å². The summed E-state index contributed by atoms with van der Waals surface area (Å²) >= 11 is 0. The van der Waals surface area contributed by atoms with Crippen molar-refractivity contribution in [3.05, 3.63) is 42.2 Å². The monoisotopic (exact) mass is 229 g/mol. The maximum Gasteiger partial charge on any atom is 0.253 e. The molecule has 0 atom stereocenters. The lowest BCUT2D eigenvalue weighted by Gasteiger charge is -2.10. The third-order valence-corrected chi connectivity index (χ3v) is 2.55. The minimum Gasteiger partial charge on any atom is -0.345 e. The smallest absolute Gasteiger partial charge is 0.253 e. The highest BCUT2D eigenvalue weighted by Gasteiger charge is 2.09.